The summed E-state index contributed by atoms with van der Waals surface area (Å²) >= 11 is 3.27. The Morgan fingerprint density at radius 3 is 2.58 bits per heavy atom. The third-order valence-electron chi connectivity index (χ3n) is 2.67. The van der Waals surface area contributed by atoms with E-state index >= 15 is 0 Å². The van der Waals surface area contributed by atoms with Crippen LogP contribution in [0.15, 0.2) is 22.7 Å². The molecule has 0 fully saturated rings. The van der Waals surface area contributed by atoms with Crippen LogP contribution in [0.3, 0.4) is 0 Å². The van der Waals surface area contributed by atoms with Crippen LogP contribution >= 0.6 is 15.9 Å². The SMILES string of the molecule is CC(C)(CCC(=O)O)NC(=O)c1ccc(Br)cc1N. The van der Waals surface area contributed by atoms with Crippen LogP contribution < -0.4 is 11.1 Å². The molecule has 5 nitrogen and oxygen atoms in total. The maximum Gasteiger partial charge on any atom is 0.303 e. The topological polar surface area (TPSA) is 92.4 Å². The standard InChI is InChI=1S/C13H17BrN2O3/c1-13(2,6-5-11(17)18)16-12(19)9-4-3-8(14)7-10(9)15/h3-4,7H,5-6,15H2,1-2H3,(H,16,19)(H,17,18). The predicted molar refractivity (Wildman–Crippen MR) is 77.0 cm³/mol. The van der Waals surface area contributed by atoms with Crippen molar-refractivity contribution in [2.45, 2.75) is 32.2 Å². The van der Waals surface area contributed by atoms with Crippen molar-refractivity contribution in [3.63, 3.8) is 0 Å². The summed E-state index contributed by atoms with van der Waals surface area (Å²) in [6, 6.07) is 5.01. The average molecular weight is 329 g/mol. The minimum Gasteiger partial charge on any atom is -0.481 e. The zero-order chi connectivity index (χ0) is 14.6. The van der Waals surface area contributed by atoms with Crippen molar-refractivity contribution >= 4 is 33.5 Å². The van der Waals surface area contributed by atoms with Gasteiger partial charge in [0.1, 0.15) is 0 Å². The van der Waals surface area contributed by atoms with Gasteiger partial charge in [0.05, 0.1) is 5.56 Å². The highest BCUT2D eigenvalue weighted by atomic mass is 79.9. The molecule has 1 aromatic rings. The fourth-order valence-corrected chi connectivity index (χ4v) is 1.98. The molecule has 1 aromatic carbocycles. The van der Waals surface area contributed by atoms with Gasteiger partial charge in [0.2, 0.25) is 0 Å². The number of rotatable bonds is 5. The lowest BCUT2D eigenvalue weighted by atomic mass is 9.97. The van der Waals surface area contributed by atoms with Gasteiger partial charge in [0.25, 0.3) is 5.91 Å². The van der Waals surface area contributed by atoms with Crippen LogP contribution in [0.4, 0.5) is 5.69 Å². The maximum atomic E-state index is 12.1. The first-order chi connectivity index (χ1) is 8.71. The Balaban J connectivity index is 2.75. The molecule has 19 heavy (non-hydrogen) atoms. The molecule has 1 amide bonds. The number of carbonyl (C=O) groups excluding carboxylic acids is 1. The smallest absolute Gasteiger partial charge is 0.303 e. The summed E-state index contributed by atoms with van der Waals surface area (Å²) in [5.74, 6) is -1.19. The molecule has 0 atom stereocenters. The molecule has 0 spiro atoms. The van der Waals surface area contributed by atoms with E-state index in [1.54, 1.807) is 32.0 Å². The molecule has 4 N–H and O–H groups in total. The largest absolute Gasteiger partial charge is 0.481 e. The number of carbonyl (C=O) groups is 2. The van der Waals surface area contributed by atoms with Gasteiger partial charge >= 0.3 is 5.97 Å². The number of halogens is 1. The molecule has 0 aliphatic heterocycles. The molecule has 6 heteroatoms. The number of hydrogen-bond acceptors (Lipinski definition) is 3. The van der Waals surface area contributed by atoms with E-state index in [0.29, 0.717) is 17.7 Å². The second-order valence-electron chi connectivity index (χ2n) is 4.96. The van der Waals surface area contributed by atoms with Crippen LogP contribution in [0.25, 0.3) is 0 Å². The third-order valence-corrected chi connectivity index (χ3v) is 3.17. The molecule has 104 valence electrons. The Hall–Kier alpha value is -1.56. The summed E-state index contributed by atoms with van der Waals surface area (Å²) < 4.78 is 0.798. The maximum absolute atomic E-state index is 12.1. The number of nitrogens with two attached hydrogens (primary N) is 1. The van der Waals surface area contributed by atoms with Crippen molar-refractivity contribution in [2.75, 3.05) is 5.73 Å². The first-order valence-corrected chi connectivity index (χ1v) is 6.60. The number of benzene rings is 1. The van der Waals surface area contributed by atoms with Crippen molar-refractivity contribution in [1.82, 2.24) is 5.32 Å². The average Bonchev–Trinajstić information content (AvgIpc) is 2.25. The predicted octanol–water partition coefficient (Wildman–Crippen LogP) is 2.40. The molecule has 0 saturated heterocycles. The number of aliphatic carboxylic acids is 1. The van der Waals surface area contributed by atoms with E-state index in [1.807, 2.05) is 0 Å². The number of nitrogen functional groups attached to an aromatic ring is 1. The minimum absolute atomic E-state index is 0.00308. The fraction of sp³-hybridized carbons (Fsp3) is 0.385. The van der Waals surface area contributed by atoms with Crippen LogP contribution in [0.1, 0.15) is 37.0 Å². The third kappa shape index (κ3) is 4.90. The van der Waals surface area contributed by atoms with Gasteiger partial charge in [-0.3, -0.25) is 9.59 Å². The second kappa shape index (κ2) is 6.06. The number of hydrogen-bond donors (Lipinski definition) is 3. The number of anilines is 1. The Morgan fingerprint density at radius 1 is 1.42 bits per heavy atom. The lowest BCUT2D eigenvalue weighted by Gasteiger charge is -2.26. The zero-order valence-corrected chi connectivity index (χ0v) is 12.5. The zero-order valence-electron chi connectivity index (χ0n) is 10.9. The molecule has 0 bridgehead atoms. The molecule has 0 heterocycles. The van der Waals surface area contributed by atoms with Crippen molar-refractivity contribution < 1.29 is 14.7 Å². The Bertz CT molecular complexity index is 501. The van der Waals surface area contributed by atoms with Crippen molar-refractivity contribution in [3.05, 3.63) is 28.2 Å². The Labute approximate surface area is 120 Å². The summed E-state index contributed by atoms with van der Waals surface area (Å²) in [6.07, 6.45) is 0.355. The van der Waals surface area contributed by atoms with Gasteiger partial charge in [-0.05, 0) is 38.5 Å². The van der Waals surface area contributed by atoms with Crippen LogP contribution in [0.2, 0.25) is 0 Å². The first-order valence-electron chi connectivity index (χ1n) is 5.80. The van der Waals surface area contributed by atoms with E-state index in [4.69, 9.17) is 10.8 Å². The Morgan fingerprint density at radius 2 is 2.05 bits per heavy atom. The molecule has 0 aromatic heterocycles. The molecule has 0 saturated carbocycles. The van der Waals surface area contributed by atoms with E-state index in [9.17, 15) is 9.59 Å². The summed E-state index contributed by atoms with van der Waals surface area (Å²) in [7, 11) is 0. The molecule has 0 aliphatic rings. The number of carboxylic acid groups (broad SMARTS) is 1. The normalized spacial score (nSPS) is 11.1. The summed E-state index contributed by atoms with van der Waals surface area (Å²) in [5.41, 5.74) is 5.93. The van der Waals surface area contributed by atoms with Gasteiger partial charge in [-0.1, -0.05) is 15.9 Å². The highest BCUT2D eigenvalue weighted by Crippen LogP contribution is 2.20. The van der Waals surface area contributed by atoms with Crippen LogP contribution in [0, 0.1) is 0 Å². The van der Waals surface area contributed by atoms with Crippen molar-refractivity contribution in [2.24, 2.45) is 0 Å². The monoisotopic (exact) mass is 328 g/mol. The molecule has 0 radical (unpaired) electrons. The van der Waals surface area contributed by atoms with Crippen LogP contribution in [-0.4, -0.2) is 22.5 Å². The van der Waals surface area contributed by atoms with Crippen molar-refractivity contribution in [1.29, 1.82) is 0 Å². The van der Waals surface area contributed by atoms with Crippen LogP contribution in [0.5, 0.6) is 0 Å². The first kappa shape index (κ1) is 15.5. The Kier molecular flexibility index (Phi) is 4.94. The molecule has 1 rings (SSSR count). The van der Waals surface area contributed by atoms with Gasteiger partial charge in [0, 0.05) is 22.1 Å². The van der Waals surface area contributed by atoms with Gasteiger partial charge in [-0.15, -0.1) is 0 Å². The molecule has 0 aliphatic carbocycles. The van der Waals surface area contributed by atoms with E-state index in [0.717, 1.165) is 4.47 Å². The van der Waals surface area contributed by atoms with E-state index in [2.05, 4.69) is 21.2 Å². The summed E-state index contributed by atoms with van der Waals surface area (Å²) in [6.45, 7) is 3.56. The molecular weight excluding hydrogens is 312 g/mol. The lowest BCUT2D eigenvalue weighted by Crippen LogP contribution is -2.43. The van der Waals surface area contributed by atoms with Gasteiger partial charge in [0.15, 0.2) is 0 Å². The minimum atomic E-state index is -0.884. The van der Waals surface area contributed by atoms with Gasteiger partial charge in [-0.2, -0.15) is 0 Å². The number of carboxylic acids is 1. The van der Waals surface area contributed by atoms with Crippen LogP contribution in [-0.2, 0) is 4.79 Å². The molecule has 0 unspecified atom stereocenters. The number of nitrogens with one attached hydrogen (secondary N) is 1. The van der Waals surface area contributed by atoms with Gasteiger partial charge in [-0.25, -0.2) is 0 Å². The van der Waals surface area contributed by atoms with E-state index < -0.39 is 11.5 Å². The number of amides is 1. The van der Waals surface area contributed by atoms with E-state index in [1.165, 1.54) is 0 Å². The highest BCUT2D eigenvalue weighted by Gasteiger charge is 2.23. The summed E-state index contributed by atoms with van der Waals surface area (Å²) in [4.78, 5) is 22.6. The van der Waals surface area contributed by atoms with Crippen molar-refractivity contribution in [3.8, 4) is 0 Å². The van der Waals surface area contributed by atoms with Gasteiger partial charge < -0.3 is 16.2 Å². The van der Waals surface area contributed by atoms with E-state index in [-0.39, 0.29) is 12.3 Å². The fourth-order valence-electron chi connectivity index (χ4n) is 1.60. The second-order valence-corrected chi connectivity index (χ2v) is 5.88. The summed E-state index contributed by atoms with van der Waals surface area (Å²) in [5, 5.41) is 11.5. The highest BCUT2D eigenvalue weighted by molar-refractivity contribution is 9.10. The lowest BCUT2D eigenvalue weighted by molar-refractivity contribution is -0.137. The molecular formula is C13H17BrN2O3. The quantitative estimate of drug-likeness (QED) is 0.723.